The van der Waals surface area contributed by atoms with Crippen LogP contribution >= 0.6 is 23.4 Å². The topological polar surface area (TPSA) is 26.0 Å². The molecule has 0 saturated carbocycles. The van der Waals surface area contributed by atoms with Gasteiger partial charge >= 0.3 is 0 Å². The van der Waals surface area contributed by atoms with E-state index in [1.807, 2.05) is 25.1 Å². The minimum Gasteiger partial charge on any atom is -0.399 e. The molecule has 0 atom stereocenters. The molecular weight excluding hydrogens is 214 g/mol. The van der Waals surface area contributed by atoms with E-state index >= 15 is 0 Å². The van der Waals surface area contributed by atoms with Gasteiger partial charge in [-0.15, -0.1) is 11.8 Å². The molecule has 1 aromatic carbocycles. The Morgan fingerprint density at radius 1 is 1.57 bits per heavy atom. The molecule has 0 bridgehead atoms. The Morgan fingerprint density at radius 3 is 2.93 bits per heavy atom. The van der Waals surface area contributed by atoms with E-state index in [1.165, 1.54) is 16.0 Å². The van der Waals surface area contributed by atoms with E-state index in [9.17, 15) is 0 Å². The first kappa shape index (κ1) is 11.5. The van der Waals surface area contributed by atoms with Gasteiger partial charge in [-0.3, -0.25) is 0 Å². The van der Waals surface area contributed by atoms with Crippen molar-refractivity contribution >= 4 is 29.1 Å². The van der Waals surface area contributed by atoms with Gasteiger partial charge in [0.15, 0.2) is 0 Å². The molecule has 0 amide bonds. The maximum absolute atomic E-state index is 5.71. The molecule has 0 spiro atoms. The van der Waals surface area contributed by atoms with Crippen LogP contribution in [-0.2, 0) is 0 Å². The third-order valence-electron chi connectivity index (χ3n) is 1.85. The minimum absolute atomic E-state index is 0.811. The van der Waals surface area contributed by atoms with Gasteiger partial charge in [-0.2, -0.15) is 0 Å². The molecule has 0 aliphatic carbocycles. The van der Waals surface area contributed by atoms with E-state index in [1.54, 1.807) is 17.3 Å². The fourth-order valence-electron chi connectivity index (χ4n) is 0.995. The lowest BCUT2D eigenvalue weighted by molar-refractivity contribution is 1.30. The molecule has 0 radical (unpaired) electrons. The molecule has 1 nitrogen and oxygen atoms in total. The predicted molar refractivity (Wildman–Crippen MR) is 65.9 cm³/mol. The number of anilines is 1. The molecule has 2 N–H and O–H groups in total. The van der Waals surface area contributed by atoms with Crippen molar-refractivity contribution in [2.45, 2.75) is 18.7 Å². The van der Waals surface area contributed by atoms with Gasteiger partial charge in [0.25, 0.3) is 0 Å². The Kier molecular flexibility index (Phi) is 4.36. The van der Waals surface area contributed by atoms with Gasteiger partial charge in [0.1, 0.15) is 0 Å². The normalized spacial score (nSPS) is 11.8. The summed E-state index contributed by atoms with van der Waals surface area (Å²) in [6, 6.07) is 5.96. The summed E-state index contributed by atoms with van der Waals surface area (Å²) in [5.41, 5.74) is 10.6. The van der Waals surface area contributed by atoms with Crippen LogP contribution in [-0.4, -0.2) is 5.75 Å². The van der Waals surface area contributed by atoms with Gasteiger partial charge in [-0.25, -0.2) is 0 Å². The lowest BCUT2D eigenvalue weighted by atomic mass is 10.2. The molecule has 0 unspecified atom stereocenters. The van der Waals surface area contributed by atoms with Crippen molar-refractivity contribution in [3.8, 4) is 0 Å². The van der Waals surface area contributed by atoms with Crippen molar-refractivity contribution in [2.24, 2.45) is 0 Å². The van der Waals surface area contributed by atoms with Crippen molar-refractivity contribution in [3.63, 3.8) is 0 Å². The predicted octanol–water partition coefficient (Wildman–Crippen LogP) is 3.81. The summed E-state index contributed by atoms with van der Waals surface area (Å²) in [6.07, 6.45) is 0. The number of aryl methyl sites for hydroxylation is 1. The monoisotopic (exact) mass is 227 g/mol. The lowest BCUT2D eigenvalue weighted by Gasteiger charge is -2.06. The van der Waals surface area contributed by atoms with E-state index in [2.05, 4.69) is 6.92 Å². The van der Waals surface area contributed by atoms with Crippen molar-refractivity contribution in [3.05, 3.63) is 34.9 Å². The van der Waals surface area contributed by atoms with E-state index in [4.69, 9.17) is 17.3 Å². The molecule has 14 heavy (non-hydrogen) atoms. The quantitative estimate of drug-likeness (QED) is 0.628. The standard InChI is InChI=1S/C11H14ClNS/c1-8(6-12)7-14-11-5-10(13)4-3-9(11)2/h3-6H,7,13H2,1-2H3/b8-6-. The highest BCUT2D eigenvalue weighted by atomic mass is 35.5. The maximum Gasteiger partial charge on any atom is 0.0325 e. The van der Waals surface area contributed by atoms with Gasteiger partial charge in [-0.1, -0.05) is 23.2 Å². The number of hydrogen-bond acceptors (Lipinski definition) is 2. The average molecular weight is 228 g/mol. The molecule has 76 valence electrons. The third-order valence-corrected chi connectivity index (χ3v) is 3.58. The minimum atomic E-state index is 0.811. The zero-order chi connectivity index (χ0) is 10.6. The number of rotatable bonds is 3. The van der Waals surface area contributed by atoms with Crippen molar-refractivity contribution < 1.29 is 0 Å². The van der Waals surface area contributed by atoms with Crippen LogP contribution in [0.1, 0.15) is 12.5 Å². The summed E-state index contributed by atoms with van der Waals surface area (Å²) in [6.45, 7) is 4.10. The Hall–Kier alpha value is -0.600. The first-order valence-electron chi connectivity index (χ1n) is 4.38. The number of thioether (sulfide) groups is 1. The molecule has 3 heteroatoms. The van der Waals surface area contributed by atoms with E-state index in [0.717, 1.165) is 11.4 Å². The van der Waals surface area contributed by atoms with Crippen molar-refractivity contribution in [1.29, 1.82) is 0 Å². The third kappa shape index (κ3) is 3.28. The van der Waals surface area contributed by atoms with Crippen molar-refractivity contribution in [1.82, 2.24) is 0 Å². The Balaban J connectivity index is 2.71. The van der Waals surface area contributed by atoms with Gasteiger partial charge in [0.2, 0.25) is 0 Å². The Bertz CT molecular complexity index is 347. The summed E-state index contributed by atoms with van der Waals surface area (Å²) >= 11 is 7.35. The van der Waals surface area contributed by atoms with Gasteiger partial charge in [0, 0.05) is 21.9 Å². The van der Waals surface area contributed by atoms with Crippen LogP contribution < -0.4 is 5.73 Å². The highest BCUT2D eigenvalue weighted by Gasteiger charge is 2.00. The highest BCUT2D eigenvalue weighted by molar-refractivity contribution is 7.99. The van der Waals surface area contributed by atoms with E-state index in [0.29, 0.717) is 0 Å². The number of nitrogen functional groups attached to an aromatic ring is 1. The first-order chi connectivity index (χ1) is 6.63. The van der Waals surface area contributed by atoms with Gasteiger partial charge in [0.05, 0.1) is 0 Å². The molecule has 1 rings (SSSR count). The summed E-state index contributed by atoms with van der Waals surface area (Å²) in [5.74, 6) is 0.911. The van der Waals surface area contributed by atoms with Crippen LogP contribution in [0.3, 0.4) is 0 Å². The van der Waals surface area contributed by atoms with Crippen molar-refractivity contribution in [2.75, 3.05) is 11.5 Å². The zero-order valence-corrected chi connectivity index (χ0v) is 9.95. The number of benzene rings is 1. The van der Waals surface area contributed by atoms with Crippen LogP contribution in [0, 0.1) is 6.92 Å². The zero-order valence-electron chi connectivity index (χ0n) is 8.38. The van der Waals surface area contributed by atoms with E-state index < -0.39 is 0 Å². The second-order valence-corrected chi connectivity index (χ2v) is 4.50. The maximum atomic E-state index is 5.71. The Morgan fingerprint density at radius 2 is 2.29 bits per heavy atom. The van der Waals surface area contributed by atoms with Gasteiger partial charge < -0.3 is 5.73 Å². The van der Waals surface area contributed by atoms with Crippen LogP contribution in [0.25, 0.3) is 0 Å². The molecule has 0 saturated heterocycles. The Labute approximate surface area is 94.3 Å². The fourth-order valence-corrected chi connectivity index (χ4v) is 2.15. The lowest BCUT2D eigenvalue weighted by Crippen LogP contribution is -1.88. The summed E-state index contributed by atoms with van der Waals surface area (Å²) in [7, 11) is 0. The van der Waals surface area contributed by atoms with Crippen LogP contribution in [0.15, 0.2) is 34.2 Å². The number of halogens is 1. The summed E-state index contributed by atoms with van der Waals surface area (Å²) < 4.78 is 0. The molecule has 0 fully saturated rings. The second kappa shape index (κ2) is 5.32. The highest BCUT2D eigenvalue weighted by Crippen LogP contribution is 2.26. The number of hydrogen-bond donors (Lipinski definition) is 1. The molecular formula is C11H14ClNS. The molecule has 0 aliphatic rings. The van der Waals surface area contributed by atoms with E-state index in [-0.39, 0.29) is 0 Å². The fraction of sp³-hybridized carbons (Fsp3) is 0.273. The van der Waals surface area contributed by atoms with Crippen LogP contribution in [0.4, 0.5) is 5.69 Å². The summed E-state index contributed by atoms with van der Waals surface area (Å²) in [5, 5.41) is 0. The smallest absolute Gasteiger partial charge is 0.0325 e. The van der Waals surface area contributed by atoms with Crippen LogP contribution in [0.2, 0.25) is 0 Å². The first-order valence-corrected chi connectivity index (χ1v) is 5.80. The van der Waals surface area contributed by atoms with Gasteiger partial charge in [-0.05, 0) is 31.5 Å². The number of nitrogens with two attached hydrogens (primary N) is 1. The average Bonchev–Trinajstić information content (AvgIpc) is 2.19. The molecule has 0 aromatic heterocycles. The molecule has 0 aliphatic heterocycles. The molecule has 1 aromatic rings. The largest absolute Gasteiger partial charge is 0.399 e. The SMILES string of the molecule is C/C(=C/Cl)CSc1cc(N)ccc1C. The van der Waals surface area contributed by atoms with Crippen LogP contribution in [0.5, 0.6) is 0 Å². The second-order valence-electron chi connectivity index (χ2n) is 3.27. The summed E-state index contributed by atoms with van der Waals surface area (Å²) in [4.78, 5) is 1.22. The molecule has 0 heterocycles.